The number of rotatable bonds is 3. The van der Waals surface area contributed by atoms with E-state index in [1.54, 1.807) is 0 Å². The van der Waals surface area contributed by atoms with Crippen LogP contribution >= 0.6 is 22.6 Å². The van der Waals surface area contributed by atoms with E-state index in [2.05, 4.69) is 36.4 Å². The first-order valence-electron chi connectivity index (χ1n) is 6.47. The summed E-state index contributed by atoms with van der Waals surface area (Å²) in [6.45, 7) is 6.27. The minimum Gasteiger partial charge on any atom is -0.378 e. The summed E-state index contributed by atoms with van der Waals surface area (Å²) >= 11 is 2.49. The van der Waals surface area contributed by atoms with Crippen molar-refractivity contribution in [2.24, 2.45) is 11.8 Å². The van der Waals surface area contributed by atoms with Crippen LogP contribution in [0.5, 0.6) is 0 Å². The SMILES string of the molecule is CC1CCC(CI)(OC2COCC2C)CC1. The molecule has 0 radical (unpaired) electrons. The van der Waals surface area contributed by atoms with Gasteiger partial charge in [0.05, 0.1) is 24.9 Å². The van der Waals surface area contributed by atoms with Crippen LogP contribution in [0.25, 0.3) is 0 Å². The Labute approximate surface area is 113 Å². The standard InChI is InChI=1S/C13H23IO2/c1-10-3-5-13(9-14,6-4-10)16-12-8-15-7-11(12)2/h10-12H,3-9H2,1-2H3. The van der Waals surface area contributed by atoms with Crippen molar-refractivity contribution in [1.29, 1.82) is 0 Å². The van der Waals surface area contributed by atoms with Crippen LogP contribution in [0.3, 0.4) is 0 Å². The number of hydrogen-bond acceptors (Lipinski definition) is 2. The Balaban J connectivity index is 1.93. The van der Waals surface area contributed by atoms with Crippen LogP contribution in [0.2, 0.25) is 0 Å². The molecule has 2 nitrogen and oxygen atoms in total. The summed E-state index contributed by atoms with van der Waals surface area (Å²) in [5.41, 5.74) is 0.152. The van der Waals surface area contributed by atoms with Crippen LogP contribution in [0.1, 0.15) is 39.5 Å². The van der Waals surface area contributed by atoms with Gasteiger partial charge in [0.25, 0.3) is 0 Å². The Hall–Kier alpha value is 0.650. The molecule has 0 N–H and O–H groups in total. The molecule has 2 rings (SSSR count). The van der Waals surface area contributed by atoms with Crippen molar-refractivity contribution in [2.45, 2.75) is 51.2 Å². The summed E-state index contributed by atoms with van der Waals surface area (Å²) in [6.07, 6.45) is 5.46. The van der Waals surface area contributed by atoms with E-state index in [-0.39, 0.29) is 5.60 Å². The number of halogens is 1. The van der Waals surface area contributed by atoms with E-state index >= 15 is 0 Å². The summed E-state index contributed by atoms with van der Waals surface area (Å²) < 4.78 is 13.0. The number of alkyl halides is 1. The van der Waals surface area contributed by atoms with E-state index in [0.717, 1.165) is 23.6 Å². The lowest BCUT2D eigenvalue weighted by atomic mass is 9.80. The van der Waals surface area contributed by atoms with Gasteiger partial charge in [-0.3, -0.25) is 0 Å². The van der Waals surface area contributed by atoms with Gasteiger partial charge in [-0.1, -0.05) is 36.4 Å². The second-order valence-electron chi connectivity index (χ2n) is 5.67. The fourth-order valence-corrected chi connectivity index (χ4v) is 3.63. The molecule has 1 heterocycles. The maximum absolute atomic E-state index is 6.42. The van der Waals surface area contributed by atoms with E-state index in [1.165, 1.54) is 25.7 Å². The first kappa shape index (κ1) is 13.1. The summed E-state index contributed by atoms with van der Waals surface area (Å²) in [7, 11) is 0. The number of hydrogen-bond donors (Lipinski definition) is 0. The van der Waals surface area contributed by atoms with Crippen molar-refractivity contribution in [2.75, 3.05) is 17.6 Å². The molecule has 0 bridgehead atoms. The molecule has 0 aromatic heterocycles. The van der Waals surface area contributed by atoms with Gasteiger partial charge in [-0.05, 0) is 31.6 Å². The average Bonchev–Trinajstić information content (AvgIpc) is 2.68. The van der Waals surface area contributed by atoms with E-state index in [9.17, 15) is 0 Å². The topological polar surface area (TPSA) is 18.5 Å². The molecule has 16 heavy (non-hydrogen) atoms. The van der Waals surface area contributed by atoms with Gasteiger partial charge in [0.1, 0.15) is 0 Å². The van der Waals surface area contributed by atoms with Crippen molar-refractivity contribution in [3.8, 4) is 0 Å². The molecule has 0 aromatic carbocycles. The van der Waals surface area contributed by atoms with Gasteiger partial charge in [-0.25, -0.2) is 0 Å². The second-order valence-corrected chi connectivity index (χ2v) is 6.43. The van der Waals surface area contributed by atoms with Gasteiger partial charge < -0.3 is 9.47 Å². The van der Waals surface area contributed by atoms with Crippen LogP contribution in [0, 0.1) is 11.8 Å². The Morgan fingerprint density at radius 1 is 1.25 bits per heavy atom. The van der Waals surface area contributed by atoms with Gasteiger partial charge in [0.2, 0.25) is 0 Å². The highest BCUT2D eigenvalue weighted by Crippen LogP contribution is 2.38. The third-order valence-corrected chi connectivity index (χ3v) is 5.52. The van der Waals surface area contributed by atoms with Crippen molar-refractivity contribution in [1.82, 2.24) is 0 Å². The molecule has 2 atom stereocenters. The Kier molecular flexibility index (Phi) is 4.52. The zero-order valence-electron chi connectivity index (χ0n) is 10.4. The van der Waals surface area contributed by atoms with Crippen molar-refractivity contribution < 1.29 is 9.47 Å². The molecular weight excluding hydrogens is 315 g/mol. The molecule has 0 aromatic rings. The fraction of sp³-hybridized carbons (Fsp3) is 1.00. The van der Waals surface area contributed by atoms with Crippen LogP contribution in [-0.2, 0) is 9.47 Å². The Bertz CT molecular complexity index is 224. The van der Waals surface area contributed by atoms with Gasteiger partial charge >= 0.3 is 0 Å². The molecular formula is C13H23IO2. The van der Waals surface area contributed by atoms with E-state index in [1.807, 2.05) is 0 Å². The van der Waals surface area contributed by atoms with E-state index in [0.29, 0.717) is 12.0 Å². The van der Waals surface area contributed by atoms with Crippen molar-refractivity contribution in [3.63, 3.8) is 0 Å². The highest BCUT2D eigenvalue weighted by atomic mass is 127. The van der Waals surface area contributed by atoms with Crippen molar-refractivity contribution >= 4 is 22.6 Å². The lowest BCUT2D eigenvalue weighted by molar-refractivity contribution is -0.111. The van der Waals surface area contributed by atoms with E-state index in [4.69, 9.17) is 9.47 Å². The maximum Gasteiger partial charge on any atom is 0.0863 e. The fourth-order valence-electron chi connectivity index (χ4n) is 2.68. The zero-order chi connectivity index (χ0) is 11.6. The molecule has 1 aliphatic heterocycles. The predicted molar refractivity (Wildman–Crippen MR) is 74.1 cm³/mol. The van der Waals surface area contributed by atoms with E-state index < -0.39 is 0 Å². The normalized spacial score (nSPS) is 44.8. The first-order chi connectivity index (χ1) is 7.65. The molecule has 2 fully saturated rings. The summed E-state index contributed by atoms with van der Waals surface area (Å²) in [4.78, 5) is 0. The number of ether oxygens (including phenoxy) is 2. The summed E-state index contributed by atoms with van der Waals surface area (Å²) in [5, 5.41) is 0. The lowest BCUT2D eigenvalue weighted by Crippen LogP contribution is -2.43. The zero-order valence-corrected chi connectivity index (χ0v) is 12.5. The lowest BCUT2D eigenvalue weighted by Gasteiger charge is -2.40. The molecule has 3 heteroatoms. The minimum absolute atomic E-state index is 0.152. The quantitative estimate of drug-likeness (QED) is 0.580. The van der Waals surface area contributed by atoms with Gasteiger partial charge in [-0.2, -0.15) is 0 Å². The molecule has 2 unspecified atom stereocenters. The monoisotopic (exact) mass is 338 g/mol. The van der Waals surface area contributed by atoms with Gasteiger partial charge in [-0.15, -0.1) is 0 Å². The smallest absolute Gasteiger partial charge is 0.0863 e. The Morgan fingerprint density at radius 3 is 2.44 bits per heavy atom. The minimum atomic E-state index is 0.152. The molecule has 0 spiro atoms. The highest BCUT2D eigenvalue weighted by Gasteiger charge is 2.39. The van der Waals surface area contributed by atoms with Crippen LogP contribution in [-0.4, -0.2) is 29.3 Å². The summed E-state index contributed by atoms with van der Waals surface area (Å²) in [5.74, 6) is 1.45. The molecule has 2 aliphatic rings. The largest absolute Gasteiger partial charge is 0.378 e. The van der Waals surface area contributed by atoms with Gasteiger partial charge in [0, 0.05) is 10.3 Å². The Morgan fingerprint density at radius 2 is 1.94 bits per heavy atom. The third kappa shape index (κ3) is 2.91. The van der Waals surface area contributed by atoms with Crippen LogP contribution < -0.4 is 0 Å². The summed E-state index contributed by atoms with van der Waals surface area (Å²) in [6, 6.07) is 0. The average molecular weight is 338 g/mol. The van der Waals surface area contributed by atoms with Crippen LogP contribution in [0.15, 0.2) is 0 Å². The highest BCUT2D eigenvalue weighted by molar-refractivity contribution is 14.1. The maximum atomic E-state index is 6.42. The molecule has 0 amide bonds. The van der Waals surface area contributed by atoms with Gasteiger partial charge in [0.15, 0.2) is 0 Å². The van der Waals surface area contributed by atoms with Crippen LogP contribution in [0.4, 0.5) is 0 Å². The second kappa shape index (κ2) is 5.53. The van der Waals surface area contributed by atoms with Crippen molar-refractivity contribution in [3.05, 3.63) is 0 Å². The molecule has 94 valence electrons. The third-order valence-electron chi connectivity index (χ3n) is 4.13. The molecule has 1 saturated heterocycles. The first-order valence-corrected chi connectivity index (χ1v) is 7.99. The predicted octanol–water partition coefficient (Wildman–Crippen LogP) is 3.42. The molecule has 1 aliphatic carbocycles. The molecule has 1 saturated carbocycles.